The molecule has 0 fully saturated rings. The van der Waals surface area contributed by atoms with E-state index in [1.54, 1.807) is 0 Å². The van der Waals surface area contributed by atoms with E-state index in [1.165, 1.54) is 13.8 Å². The lowest BCUT2D eigenvalue weighted by molar-refractivity contribution is 0.0857. The molecule has 1 rings (SSSR count). The van der Waals surface area contributed by atoms with Crippen molar-refractivity contribution in [3.05, 3.63) is 23.8 Å². The predicted octanol–water partition coefficient (Wildman–Crippen LogP) is 0.596. The molecule has 0 saturated heterocycles. The molecular weight excluding hydrogens is 266 g/mol. The monoisotopic (exact) mass is 280 g/mol. The summed E-state index contributed by atoms with van der Waals surface area (Å²) in [5, 5.41) is 9.39. The fraction of sp³-hybridized carbons (Fsp3) is 0.400. The van der Waals surface area contributed by atoms with Crippen molar-refractivity contribution in [3.63, 3.8) is 0 Å². The zero-order valence-corrected chi connectivity index (χ0v) is 10.7. The molecule has 0 heterocycles. The van der Waals surface area contributed by atoms with Crippen molar-refractivity contribution in [1.82, 2.24) is 4.72 Å². The van der Waals surface area contributed by atoms with E-state index in [0.717, 1.165) is 6.07 Å². The van der Waals surface area contributed by atoms with Gasteiger partial charge < -0.3 is 10.8 Å². The van der Waals surface area contributed by atoms with Crippen LogP contribution in [0.15, 0.2) is 17.0 Å². The summed E-state index contributed by atoms with van der Waals surface area (Å²) >= 11 is 0. The lowest BCUT2D eigenvalue weighted by Crippen LogP contribution is -2.38. The molecule has 18 heavy (non-hydrogen) atoms. The fourth-order valence-electron chi connectivity index (χ4n) is 1.13. The first-order valence-corrected chi connectivity index (χ1v) is 6.48. The van der Waals surface area contributed by atoms with Crippen LogP contribution in [0.3, 0.4) is 0 Å². The molecule has 0 aliphatic heterocycles. The highest BCUT2D eigenvalue weighted by Gasteiger charge is 2.25. The standard InChI is InChI=1S/C10H14F2N2O3S/c1-10(2,15)5-14-18(16,17)8-4-6(13)3-7(11)9(8)12/h3-4,14-15H,5,13H2,1-2H3. The van der Waals surface area contributed by atoms with E-state index >= 15 is 0 Å². The molecule has 0 unspecified atom stereocenters. The molecule has 0 atom stereocenters. The van der Waals surface area contributed by atoms with Crippen molar-refractivity contribution < 1.29 is 22.3 Å². The van der Waals surface area contributed by atoms with Gasteiger partial charge in [-0.1, -0.05) is 0 Å². The fourth-order valence-corrected chi connectivity index (χ4v) is 2.45. The van der Waals surface area contributed by atoms with Gasteiger partial charge in [0.25, 0.3) is 0 Å². The van der Waals surface area contributed by atoms with Crippen LogP contribution in [0, 0.1) is 11.6 Å². The first-order chi connectivity index (χ1) is 8.03. The molecule has 4 N–H and O–H groups in total. The summed E-state index contributed by atoms with van der Waals surface area (Å²) in [6, 6.07) is 1.50. The van der Waals surface area contributed by atoms with Crippen LogP contribution in [0.2, 0.25) is 0 Å². The van der Waals surface area contributed by atoms with E-state index in [9.17, 15) is 22.3 Å². The first-order valence-electron chi connectivity index (χ1n) is 4.99. The SMILES string of the molecule is CC(C)(O)CNS(=O)(=O)c1cc(N)cc(F)c1F. The Morgan fingerprint density at radius 3 is 2.44 bits per heavy atom. The normalized spacial score (nSPS) is 12.7. The molecule has 0 aliphatic rings. The number of anilines is 1. The Morgan fingerprint density at radius 1 is 1.39 bits per heavy atom. The van der Waals surface area contributed by atoms with Crippen molar-refractivity contribution in [3.8, 4) is 0 Å². The highest BCUT2D eigenvalue weighted by atomic mass is 32.2. The third kappa shape index (κ3) is 3.62. The number of benzene rings is 1. The molecule has 1 aromatic carbocycles. The average molecular weight is 280 g/mol. The predicted molar refractivity (Wildman–Crippen MR) is 62.3 cm³/mol. The molecule has 8 heteroatoms. The molecule has 102 valence electrons. The quantitative estimate of drug-likeness (QED) is 0.704. The second-order valence-electron chi connectivity index (χ2n) is 4.45. The number of sulfonamides is 1. The molecule has 0 aromatic heterocycles. The van der Waals surface area contributed by atoms with Crippen molar-refractivity contribution in [1.29, 1.82) is 0 Å². The number of nitrogens with one attached hydrogen (secondary N) is 1. The number of rotatable bonds is 4. The second-order valence-corrected chi connectivity index (χ2v) is 6.19. The number of nitrogen functional groups attached to an aromatic ring is 1. The van der Waals surface area contributed by atoms with E-state index in [0.29, 0.717) is 6.07 Å². The second kappa shape index (κ2) is 4.79. The highest BCUT2D eigenvalue weighted by Crippen LogP contribution is 2.21. The zero-order valence-electron chi connectivity index (χ0n) is 9.87. The lowest BCUT2D eigenvalue weighted by Gasteiger charge is -2.18. The van der Waals surface area contributed by atoms with Gasteiger partial charge >= 0.3 is 0 Å². The smallest absolute Gasteiger partial charge is 0.243 e. The number of hydrogen-bond donors (Lipinski definition) is 3. The minimum absolute atomic E-state index is 0.211. The van der Waals surface area contributed by atoms with Gasteiger partial charge in [-0.05, 0) is 26.0 Å². The summed E-state index contributed by atoms with van der Waals surface area (Å²) in [6.45, 7) is 2.39. The number of aliphatic hydroxyl groups is 1. The van der Waals surface area contributed by atoms with Gasteiger partial charge in [0.05, 0.1) is 5.60 Å². The number of hydrogen-bond acceptors (Lipinski definition) is 4. The van der Waals surface area contributed by atoms with Crippen LogP contribution >= 0.6 is 0 Å². The molecule has 0 spiro atoms. The van der Waals surface area contributed by atoms with Crippen molar-refractivity contribution in [2.24, 2.45) is 0 Å². The zero-order chi connectivity index (χ0) is 14.1. The molecule has 0 radical (unpaired) electrons. The maximum Gasteiger partial charge on any atom is 0.243 e. The summed E-state index contributed by atoms with van der Waals surface area (Å²) in [5.74, 6) is -2.86. The van der Waals surface area contributed by atoms with Gasteiger partial charge in [0, 0.05) is 12.2 Å². The van der Waals surface area contributed by atoms with Gasteiger partial charge in [0.2, 0.25) is 10.0 Å². The van der Waals surface area contributed by atoms with Crippen molar-refractivity contribution in [2.45, 2.75) is 24.3 Å². The number of nitrogens with two attached hydrogens (primary N) is 1. The van der Waals surface area contributed by atoms with Gasteiger partial charge in [-0.15, -0.1) is 0 Å². The van der Waals surface area contributed by atoms with Crippen LogP contribution in [0.1, 0.15) is 13.8 Å². The Kier molecular flexibility index (Phi) is 3.94. The van der Waals surface area contributed by atoms with Crippen LogP contribution in [0.25, 0.3) is 0 Å². The van der Waals surface area contributed by atoms with E-state index in [-0.39, 0.29) is 12.2 Å². The third-order valence-corrected chi connectivity index (χ3v) is 3.40. The lowest BCUT2D eigenvalue weighted by atomic mass is 10.1. The van der Waals surface area contributed by atoms with Crippen LogP contribution in [-0.2, 0) is 10.0 Å². The molecule has 0 amide bonds. The molecular formula is C10H14F2N2O3S. The van der Waals surface area contributed by atoms with Gasteiger partial charge in [-0.3, -0.25) is 0 Å². The summed E-state index contributed by atoms with van der Waals surface area (Å²) in [6.07, 6.45) is 0. The minimum atomic E-state index is -4.27. The summed E-state index contributed by atoms with van der Waals surface area (Å²) in [4.78, 5) is -0.885. The Bertz CT molecular complexity index is 553. The molecule has 0 saturated carbocycles. The maximum absolute atomic E-state index is 13.4. The molecule has 0 aliphatic carbocycles. The summed E-state index contributed by atoms with van der Waals surface area (Å²) in [7, 11) is -4.27. The maximum atomic E-state index is 13.4. The van der Waals surface area contributed by atoms with Crippen LogP contribution in [0.5, 0.6) is 0 Å². The van der Waals surface area contributed by atoms with Crippen molar-refractivity contribution >= 4 is 15.7 Å². The summed E-state index contributed by atoms with van der Waals surface area (Å²) in [5.41, 5.74) is 3.73. The van der Waals surface area contributed by atoms with Gasteiger partial charge in [0.15, 0.2) is 11.6 Å². The van der Waals surface area contributed by atoms with Gasteiger partial charge in [0.1, 0.15) is 4.90 Å². The van der Waals surface area contributed by atoms with Crippen LogP contribution < -0.4 is 10.5 Å². The van der Waals surface area contributed by atoms with Crippen molar-refractivity contribution in [2.75, 3.05) is 12.3 Å². The highest BCUT2D eigenvalue weighted by molar-refractivity contribution is 7.89. The number of halogens is 2. The molecule has 0 bridgehead atoms. The third-order valence-electron chi connectivity index (χ3n) is 2.00. The molecule has 5 nitrogen and oxygen atoms in total. The van der Waals surface area contributed by atoms with Gasteiger partial charge in [-0.2, -0.15) is 0 Å². The van der Waals surface area contributed by atoms with E-state index in [4.69, 9.17) is 5.73 Å². The van der Waals surface area contributed by atoms with E-state index < -0.39 is 32.2 Å². The Morgan fingerprint density at radius 2 is 1.94 bits per heavy atom. The average Bonchev–Trinajstić information content (AvgIpc) is 2.19. The Balaban J connectivity index is 3.13. The summed E-state index contributed by atoms with van der Waals surface area (Å²) < 4.78 is 51.8. The largest absolute Gasteiger partial charge is 0.399 e. The van der Waals surface area contributed by atoms with E-state index in [2.05, 4.69) is 0 Å². The van der Waals surface area contributed by atoms with Crippen LogP contribution in [0.4, 0.5) is 14.5 Å². The first kappa shape index (κ1) is 14.8. The van der Waals surface area contributed by atoms with E-state index in [1.807, 2.05) is 4.72 Å². The topological polar surface area (TPSA) is 92.4 Å². The Hall–Kier alpha value is -1.25. The Labute approximate surface area is 104 Å². The van der Waals surface area contributed by atoms with Crippen LogP contribution in [-0.4, -0.2) is 25.7 Å². The minimum Gasteiger partial charge on any atom is -0.399 e. The molecule has 1 aromatic rings. The van der Waals surface area contributed by atoms with Gasteiger partial charge in [-0.25, -0.2) is 21.9 Å².